The molecule has 0 aromatic heterocycles. The number of anilines is 1. The minimum atomic E-state index is -3.84. The molecule has 0 radical (unpaired) electrons. The lowest BCUT2D eigenvalue weighted by Gasteiger charge is -2.32. The van der Waals surface area contributed by atoms with E-state index in [0.29, 0.717) is 13.0 Å². The highest BCUT2D eigenvalue weighted by molar-refractivity contribution is 7.92. The van der Waals surface area contributed by atoms with Gasteiger partial charge in [-0.1, -0.05) is 36.8 Å². The van der Waals surface area contributed by atoms with Gasteiger partial charge in [0.2, 0.25) is 21.8 Å². The third-order valence-electron chi connectivity index (χ3n) is 4.97. The first-order chi connectivity index (χ1) is 15.1. The lowest BCUT2D eigenvalue weighted by Crippen LogP contribution is -2.52. The van der Waals surface area contributed by atoms with Crippen molar-refractivity contribution in [1.29, 1.82) is 0 Å². The predicted octanol–water partition coefficient (Wildman–Crippen LogP) is 2.84. The van der Waals surface area contributed by atoms with Gasteiger partial charge in [0.05, 0.1) is 11.9 Å². The molecule has 0 unspecified atom stereocenters. The summed E-state index contributed by atoms with van der Waals surface area (Å²) < 4.78 is 39.1. The molecule has 1 atom stereocenters. The van der Waals surface area contributed by atoms with Gasteiger partial charge in [-0.15, -0.1) is 0 Å². The molecular formula is C23H30FN3O4S. The van der Waals surface area contributed by atoms with Gasteiger partial charge in [0.1, 0.15) is 18.4 Å². The van der Waals surface area contributed by atoms with Crippen LogP contribution in [0.3, 0.4) is 0 Å². The smallest absolute Gasteiger partial charge is 0.244 e. The average molecular weight is 464 g/mol. The fourth-order valence-electron chi connectivity index (χ4n) is 3.44. The van der Waals surface area contributed by atoms with Gasteiger partial charge < -0.3 is 10.2 Å². The number of likely N-dealkylation sites (N-methyl/N-ethyl adjacent to an activating group) is 1. The number of nitrogens with one attached hydrogen (secondary N) is 1. The van der Waals surface area contributed by atoms with E-state index in [9.17, 15) is 22.4 Å². The summed E-state index contributed by atoms with van der Waals surface area (Å²) in [6.07, 6.45) is 1.34. The van der Waals surface area contributed by atoms with Crippen LogP contribution in [0.5, 0.6) is 0 Å². The molecule has 0 saturated heterocycles. The number of halogens is 1. The molecular weight excluding hydrogens is 433 g/mol. The van der Waals surface area contributed by atoms with Crippen LogP contribution in [-0.4, -0.2) is 50.5 Å². The van der Waals surface area contributed by atoms with Crippen LogP contribution >= 0.6 is 0 Å². The molecule has 174 valence electrons. The monoisotopic (exact) mass is 463 g/mol. The Kier molecular flexibility index (Phi) is 8.77. The van der Waals surface area contributed by atoms with E-state index in [-0.39, 0.29) is 18.1 Å². The van der Waals surface area contributed by atoms with Gasteiger partial charge in [-0.05, 0) is 50.1 Å². The molecule has 0 aliphatic rings. The molecule has 32 heavy (non-hydrogen) atoms. The zero-order valence-corrected chi connectivity index (χ0v) is 19.7. The molecule has 2 aromatic rings. The van der Waals surface area contributed by atoms with Gasteiger partial charge in [-0.2, -0.15) is 0 Å². The Balaban J connectivity index is 2.42. The van der Waals surface area contributed by atoms with E-state index in [0.717, 1.165) is 33.8 Å². The standard InChI is InChI=1S/C23H30FN3O4S/c1-5-21(23(29)25-6-2)26(15-18-9-7-8-17(3)14-18)22(28)16-27(32(4,30)31)20-12-10-19(24)11-13-20/h7-14,21H,5-6,15-16H2,1-4H3,(H,25,29)/t21-/m0/s1. The molecule has 2 aromatic carbocycles. The van der Waals surface area contributed by atoms with Crippen molar-refractivity contribution in [2.45, 2.75) is 39.8 Å². The Bertz CT molecular complexity index is 1040. The van der Waals surface area contributed by atoms with Crippen molar-refractivity contribution in [3.8, 4) is 0 Å². The zero-order chi connectivity index (χ0) is 23.9. The van der Waals surface area contributed by atoms with Gasteiger partial charge in [-0.25, -0.2) is 12.8 Å². The van der Waals surface area contributed by atoms with Crippen molar-refractivity contribution in [2.24, 2.45) is 0 Å². The van der Waals surface area contributed by atoms with Crippen LogP contribution in [0.25, 0.3) is 0 Å². The van der Waals surface area contributed by atoms with Gasteiger partial charge in [0, 0.05) is 13.1 Å². The van der Waals surface area contributed by atoms with Gasteiger partial charge >= 0.3 is 0 Å². The maximum Gasteiger partial charge on any atom is 0.244 e. The third-order valence-corrected chi connectivity index (χ3v) is 6.11. The van der Waals surface area contributed by atoms with Crippen molar-refractivity contribution < 1.29 is 22.4 Å². The van der Waals surface area contributed by atoms with Crippen molar-refractivity contribution in [3.05, 3.63) is 65.5 Å². The highest BCUT2D eigenvalue weighted by Crippen LogP contribution is 2.20. The zero-order valence-electron chi connectivity index (χ0n) is 18.8. The summed E-state index contributed by atoms with van der Waals surface area (Å²) in [6.45, 7) is 5.56. The molecule has 2 amide bonds. The third kappa shape index (κ3) is 6.78. The summed E-state index contributed by atoms with van der Waals surface area (Å²) in [6, 6.07) is 11.7. The van der Waals surface area contributed by atoms with E-state index < -0.39 is 34.3 Å². The summed E-state index contributed by atoms with van der Waals surface area (Å²) >= 11 is 0. The number of nitrogens with zero attached hydrogens (tertiary/aromatic N) is 2. The molecule has 9 heteroatoms. The number of aryl methyl sites for hydroxylation is 1. The molecule has 7 nitrogen and oxygen atoms in total. The summed E-state index contributed by atoms with van der Waals surface area (Å²) in [4.78, 5) is 27.5. The second-order valence-electron chi connectivity index (χ2n) is 7.58. The van der Waals surface area contributed by atoms with E-state index >= 15 is 0 Å². The first-order valence-corrected chi connectivity index (χ1v) is 12.3. The van der Waals surface area contributed by atoms with Crippen LogP contribution in [0.4, 0.5) is 10.1 Å². The van der Waals surface area contributed by atoms with E-state index in [2.05, 4.69) is 5.32 Å². The number of hydrogen-bond donors (Lipinski definition) is 1. The summed E-state index contributed by atoms with van der Waals surface area (Å²) in [5, 5.41) is 2.74. The van der Waals surface area contributed by atoms with Crippen LogP contribution in [0.15, 0.2) is 48.5 Å². The van der Waals surface area contributed by atoms with Crippen LogP contribution < -0.4 is 9.62 Å². The van der Waals surface area contributed by atoms with E-state index in [1.54, 1.807) is 13.8 Å². The SMILES string of the molecule is CCNC(=O)[C@H](CC)N(Cc1cccc(C)c1)C(=O)CN(c1ccc(F)cc1)S(C)(=O)=O. The van der Waals surface area contributed by atoms with Crippen molar-refractivity contribution >= 4 is 27.5 Å². The quantitative estimate of drug-likeness (QED) is 0.587. The van der Waals surface area contributed by atoms with Gasteiger partial charge in [-0.3, -0.25) is 13.9 Å². The highest BCUT2D eigenvalue weighted by atomic mass is 32.2. The number of benzene rings is 2. The van der Waals surface area contributed by atoms with Crippen molar-refractivity contribution in [2.75, 3.05) is 23.7 Å². The number of hydrogen-bond acceptors (Lipinski definition) is 4. The number of rotatable bonds is 10. The minimum Gasteiger partial charge on any atom is -0.355 e. The van der Waals surface area contributed by atoms with Crippen LogP contribution in [0, 0.1) is 12.7 Å². The molecule has 0 aliphatic carbocycles. The Labute approximate surface area is 189 Å². The predicted molar refractivity (Wildman–Crippen MR) is 123 cm³/mol. The lowest BCUT2D eigenvalue weighted by atomic mass is 10.1. The second-order valence-corrected chi connectivity index (χ2v) is 9.48. The number of sulfonamides is 1. The number of amides is 2. The molecule has 0 saturated carbocycles. The van der Waals surface area contributed by atoms with Crippen LogP contribution in [0.1, 0.15) is 31.4 Å². The van der Waals surface area contributed by atoms with Crippen molar-refractivity contribution in [3.63, 3.8) is 0 Å². The number of carbonyl (C=O) groups is 2. The molecule has 0 spiro atoms. The summed E-state index contributed by atoms with van der Waals surface area (Å²) in [5.41, 5.74) is 2.00. The summed E-state index contributed by atoms with van der Waals surface area (Å²) in [7, 11) is -3.84. The summed E-state index contributed by atoms with van der Waals surface area (Å²) in [5.74, 6) is -1.35. The Morgan fingerprint density at radius 1 is 1.09 bits per heavy atom. The lowest BCUT2D eigenvalue weighted by molar-refractivity contribution is -0.140. The van der Waals surface area contributed by atoms with Gasteiger partial charge in [0.15, 0.2) is 0 Å². The second kappa shape index (κ2) is 11.1. The molecule has 2 rings (SSSR count). The Morgan fingerprint density at radius 2 is 1.75 bits per heavy atom. The molecule has 0 heterocycles. The number of carbonyl (C=O) groups excluding carboxylic acids is 2. The molecule has 0 fully saturated rings. The first-order valence-electron chi connectivity index (χ1n) is 10.4. The Hall–Kier alpha value is -2.94. The van der Waals surface area contributed by atoms with Crippen LogP contribution in [0.2, 0.25) is 0 Å². The maximum absolute atomic E-state index is 13.4. The Morgan fingerprint density at radius 3 is 2.28 bits per heavy atom. The molecule has 0 aliphatic heterocycles. The largest absolute Gasteiger partial charge is 0.355 e. The van der Waals surface area contributed by atoms with Crippen LogP contribution in [-0.2, 0) is 26.2 Å². The van der Waals surface area contributed by atoms with Gasteiger partial charge in [0.25, 0.3) is 0 Å². The van der Waals surface area contributed by atoms with E-state index in [1.165, 1.54) is 17.0 Å². The van der Waals surface area contributed by atoms with Crippen molar-refractivity contribution in [1.82, 2.24) is 10.2 Å². The van der Waals surface area contributed by atoms with E-state index in [4.69, 9.17) is 0 Å². The van der Waals surface area contributed by atoms with E-state index in [1.807, 2.05) is 31.2 Å². The maximum atomic E-state index is 13.4. The average Bonchev–Trinajstić information content (AvgIpc) is 2.72. The minimum absolute atomic E-state index is 0.150. The normalized spacial score (nSPS) is 12.2. The molecule has 1 N–H and O–H groups in total. The highest BCUT2D eigenvalue weighted by Gasteiger charge is 2.31. The fraction of sp³-hybridized carbons (Fsp3) is 0.391. The first kappa shape index (κ1) is 25.3. The fourth-order valence-corrected chi connectivity index (χ4v) is 4.29. The molecule has 0 bridgehead atoms. The topological polar surface area (TPSA) is 86.8 Å².